The predicted molar refractivity (Wildman–Crippen MR) is 61.0 cm³/mol. The van der Waals surface area contributed by atoms with Gasteiger partial charge in [0, 0.05) is 10.9 Å². The first-order valence-electron chi connectivity index (χ1n) is 4.99. The third kappa shape index (κ3) is 1.59. The highest BCUT2D eigenvalue weighted by Crippen LogP contribution is 2.25. The van der Waals surface area contributed by atoms with Crippen molar-refractivity contribution in [1.82, 2.24) is 15.2 Å². The third-order valence-corrected chi connectivity index (χ3v) is 2.50. The Labute approximate surface area is 95.2 Å². The molecule has 6 nitrogen and oxygen atoms in total. The molecule has 0 unspecified atom stereocenters. The van der Waals surface area contributed by atoms with Crippen LogP contribution in [0.3, 0.4) is 0 Å². The number of aromatic amines is 2. The number of H-pyrrole nitrogens is 2. The van der Waals surface area contributed by atoms with E-state index in [1.807, 2.05) is 24.3 Å². The average molecular weight is 231 g/mol. The molecule has 0 fully saturated rings. The van der Waals surface area contributed by atoms with E-state index >= 15 is 0 Å². The molecule has 86 valence electrons. The van der Waals surface area contributed by atoms with Crippen molar-refractivity contribution in [2.75, 3.05) is 7.11 Å². The van der Waals surface area contributed by atoms with E-state index in [9.17, 15) is 4.79 Å². The van der Waals surface area contributed by atoms with Gasteiger partial charge in [0.1, 0.15) is 11.4 Å². The van der Waals surface area contributed by atoms with E-state index in [2.05, 4.69) is 15.2 Å². The summed E-state index contributed by atoms with van der Waals surface area (Å²) in [6, 6.07) is 7.48. The maximum atomic E-state index is 10.9. The van der Waals surface area contributed by atoms with Gasteiger partial charge in [0.25, 0.3) is 5.89 Å². The summed E-state index contributed by atoms with van der Waals surface area (Å²) >= 11 is 0. The highest BCUT2D eigenvalue weighted by Gasteiger charge is 2.09. The lowest BCUT2D eigenvalue weighted by Gasteiger charge is -1.97. The number of rotatable bonds is 2. The second-order valence-electron chi connectivity index (χ2n) is 3.55. The van der Waals surface area contributed by atoms with Crippen LogP contribution >= 0.6 is 0 Å². The molecule has 1 aromatic carbocycles. The van der Waals surface area contributed by atoms with E-state index in [1.54, 1.807) is 7.11 Å². The molecule has 0 saturated heterocycles. The van der Waals surface area contributed by atoms with Crippen molar-refractivity contribution < 1.29 is 9.15 Å². The minimum atomic E-state index is -0.573. The summed E-state index contributed by atoms with van der Waals surface area (Å²) in [5, 5.41) is 6.94. The summed E-state index contributed by atoms with van der Waals surface area (Å²) in [7, 11) is 1.61. The molecule has 17 heavy (non-hydrogen) atoms. The van der Waals surface area contributed by atoms with Crippen LogP contribution in [0, 0.1) is 0 Å². The summed E-state index contributed by atoms with van der Waals surface area (Å²) in [5.74, 6) is 0.438. The lowest BCUT2D eigenvalue weighted by atomic mass is 10.2. The molecule has 3 rings (SSSR count). The number of aromatic nitrogens is 3. The minimum Gasteiger partial charge on any atom is -0.497 e. The fraction of sp³-hybridized carbons (Fsp3) is 0.0909. The molecule has 0 aliphatic rings. The molecule has 6 heteroatoms. The summed E-state index contributed by atoms with van der Waals surface area (Å²) in [4.78, 5) is 14.0. The van der Waals surface area contributed by atoms with E-state index in [1.165, 1.54) is 0 Å². The van der Waals surface area contributed by atoms with Crippen molar-refractivity contribution in [2.24, 2.45) is 0 Å². The molecule has 2 aromatic heterocycles. The van der Waals surface area contributed by atoms with E-state index < -0.39 is 5.76 Å². The first-order chi connectivity index (χ1) is 8.26. The Morgan fingerprint density at radius 2 is 2.24 bits per heavy atom. The number of hydrogen-bond acceptors (Lipinski definition) is 4. The Morgan fingerprint density at radius 1 is 1.35 bits per heavy atom. The third-order valence-electron chi connectivity index (χ3n) is 2.50. The molecule has 0 aliphatic heterocycles. The normalized spacial score (nSPS) is 10.9. The minimum absolute atomic E-state index is 0.241. The first kappa shape index (κ1) is 9.71. The van der Waals surface area contributed by atoms with Crippen molar-refractivity contribution in [1.29, 1.82) is 0 Å². The van der Waals surface area contributed by atoms with Crippen LogP contribution in [0.4, 0.5) is 0 Å². The quantitative estimate of drug-likeness (QED) is 0.700. The molecule has 3 aromatic rings. The van der Waals surface area contributed by atoms with Gasteiger partial charge < -0.3 is 14.1 Å². The molecule has 0 atom stereocenters. The Morgan fingerprint density at radius 3 is 2.94 bits per heavy atom. The van der Waals surface area contributed by atoms with E-state index in [0.717, 1.165) is 16.7 Å². The van der Waals surface area contributed by atoms with E-state index in [0.29, 0.717) is 5.69 Å². The van der Waals surface area contributed by atoms with Gasteiger partial charge in [0.05, 0.1) is 7.11 Å². The van der Waals surface area contributed by atoms with Gasteiger partial charge in [-0.1, -0.05) is 0 Å². The largest absolute Gasteiger partial charge is 0.497 e. The second kappa shape index (κ2) is 3.51. The van der Waals surface area contributed by atoms with Gasteiger partial charge in [0.15, 0.2) is 0 Å². The number of fused-ring (bicyclic) bond motifs is 1. The summed E-state index contributed by atoms with van der Waals surface area (Å²) in [6.45, 7) is 0. The van der Waals surface area contributed by atoms with Crippen LogP contribution in [0.25, 0.3) is 22.5 Å². The highest BCUT2D eigenvalue weighted by molar-refractivity contribution is 5.85. The molecular weight excluding hydrogens is 222 g/mol. The number of benzene rings is 1. The molecule has 0 spiro atoms. The van der Waals surface area contributed by atoms with Crippen LogP contribution < -0.4 is 10.5 Å². The molecule has 2 heterocycles. The monoisotopic (exact) mass is 231 g/mol. The lowest BCUT2D eigenvalue weighted by molar-refractivity contribution is 0.415. The summed E-state index contributed by atoms with van der Waals surface area (Å²) < 4.78 is 10.0. The van der Waals surface area contributed by atoms with Crippen LogP contribution in [-0.4, -0.2) is 22.3 Å². The van der Waals surface area contributed by atoms with Crippen LogP contribution in [0.1, 0.15) is 0 Å². The molecule has 0 bridgehead atoms. The van der Waals surface area contributed by atoms with Crippen molar-refractivity contribution in [3.63, 3.8) is 0 Å². The topological polar surface area (TPSA) is 83.9 Å². The second-order valence-corrected chi connectivity index (χ2v) is 3.55. The molecule has 0 radical (unpaired) electrons. The van der Waals surface area contributed by atoms with Crippen molar-refractivity contribution in [3.8, 4) is 17.3 Å². The summed E-state index contributed by atoms with van der Waals surface area (Å²) in [5.41, 5.74) is 1.57. The van der Waals surface area contributed by atoms with Gasteiger partial charge in [-0.2, -0.15) is 0 Å². The zero-order valence-corrected chi connectivity index (χ0v) is 8.98. The van der Waals surface area contributed by atoms with Gasteiger partial charge >= 0.3 is 5.76 Å². The number of ether oxygens (including phenoxy) is 1. The lowest BCUT2D eigenvalue weighted by Crippen LogP contribution is -1.93. The molecule has 2 N–H and O–H groups in total. The van der Waals surface area contributed by atoms with Crippen LogP contribution in [0.2, 0.25) is 0 Å². The van der Waals surface area contributed by atoms with Crippen molar-refractivity contribution >= 4 is 10.9 Å². The van der Waals surface area contributed by atoms with Crippen LogP contribution in [0.15, 0.2) is 33.5 Å². The maximum Gasteiger partial charge on any atom is 0.434 e. The Hall–Kier alpha value is -2.50. The zero-order valence-electron chi connectivity index (χ0n) is 8.98. The van der Waals surface area contributed by atoms with Gasteiger partial charge in [-0.25, -0.2) is 9.89 Å². The summed E-state index contributed by atoms with van der Waals surface area (Å²) in [6.07, 6.45) is 0. The predicted octanol–water partition coefficient (Wildman–Crippen LogP) is 1.52. The zero-order chi connectivity index (χ0) is 11.8. The highest BCUT2D eigenvalue weighted by atomic mass is 16.5. The van der Waals surface area contributed by atoms with Crippen LogP contribution in [-0.2, 0) is 0 Å². The number of nitrogens with one attached hydrogen (secondary N) is 2. The Kier molecular flexibility index (Phi) is 2.01. The number of methoxy groups -OCH3 is 1. The number of hydrogen-bond donors (Lipinski definition) is 2. The van der Waals surface area contributed by atoms with Crippen LogP contribution in [0.5, 0.6) is 5.75 Å². The van der Waals surface area contributed by atoms with E-state index in [4.69, 9.17) is 9.15 Å². The smallest absolute Gasteiger partial charge is 0.434 e. The molecular formula is C11H9N3O3. The molecule has 0 aliphatic carbocycles. The van der Waals surface area contributed by atoms with Gasteiger partial charge in [0.2, 0.25) is 0 Å². The average Bonchev–Trinajstić information content (AvgIpc) is 2.93. The first-order valence-corrected chi connectivity index (χ1v) is 4.99. The van der Waals surface area contributed by atoms with E-state index in [-0.39, 0.29) is 5.89 Å². The fourth-order valence-electron chi connectivity index (χ4n) is 1.70. The van der Waals surface area contributed by atoms with Crippen molar-refractivity contribution in [3.05, 3.63) is 34.8 Å². The fourth-order valence-corrected chi connectivity index (χ4v) is 1.70. The van der Waals surface area contributed by atoms with Crippen molar-refractivity contribution in [2.45, 2.75) is 0 Å². The van der Waals surface area contributed by atoms with Gasteiger partial charge in [-0.15, -0.1) is 5.10 Å². The Balaban J connectivity index is 2.16. The number of nitrogens with zero attached hydrogens (tertiary/aromatic N) is 1. The Bertz CT molecular complexity index is 723. The molecule has 0 amide bonds. The molecule has 0 saturated carbocycles. The standard InChI is InChI=1S/C11H9N3O3/c1-16-7-2-3-8-6(4-7)5-9(12-8)10-13-14-11(15)17-10/h2-5,12H,1H3,(H,14,15). The SMILES string of the molecule is COc1ccc2[nH]c(-c3n[nH]c(=O)o3)cc2c1. The van der Waals surface area contributed by atoms with Gasteiger partial charge in [-0.3, -0.25) is 0 Å². The van der Waals surface area contributed by atoms with Gasteiger partial charge in [-0.05, 0) is 24.3 Å². The maximum absolute atomic E-state index is 10.9.